The average molecular weight is 223 g/mol. The topological polar surface area (TPSA) is 49.3 Å². The van der Waals surface area contributed by atoms with Crippen LogP contribution < -0.4 is 5.32 Å². The summed E-state index contributed by atoms with van der Waals surface area (Å²) in [5.74, 6) is -1.25. The Balaban J connectivity index is 2.07. The number of hydrogen-bond donors (Lipinski definition) is 2. The van der Waals surface area contributed by atoms with Gasteiger partial charge in [0.05, 0.1) is 5.56 Å². The second-order valence-corrected chi connectivity index (χ2v) is 4.15. The van der Waals surface area contributed by atoms with E-state index in [-0.39, 0.29) is 5.56 Å². The number of carbonyl (C=O) groups is 1. The number of carboxylic acid groups (broad SMARTS) is 1. The predicted octanol–water partition coefficient (Wildman–Crippen LogP) is 2.73. The molecule has 2 unspecified atom stereocenters. The standard InChI is InChI=1S/C12H14FNO2/c1-2-7-5-11(7)14-8-3-4-9(12(15)16)10(13)6-8/h3-4,6-7,11,14H,2,5H2,1H3,(H,15,16). The summed E-state index contributed by atoms with van der Waals surface area (Å²) < 4.78 is 13.3. The van der Waals surface area contributed by atoms with E-state index in [0.29, 0.717) is 17.6 Å². The minimum atomic E-state index is -1.23. The minimum absolute atomic E-state index is 0.284. The zero-order valence-electron chi connectivity index (χ0n) is 9.03. The van der Waals surface area contributed by atoms with E-state index in [1.54, 1.807) is 6.07 Å². The lowest BCUT2D eigenvalue weighted by atomic mass is 10.2. The van der Waals surface area contributed by atoms with E-state index in [4.69, 9.17) is 5.11 Å². The van der Waals surface area contributed by atoms with Crippen LogP contribution >= 0.6 is 0 Å². The van der Waals surface area contributed by atoms with E-state index in [9.17, 15) is 9.18 Å². The van der Waals surface area contributed by atoms with Gasteiger partial charge in [-0.15, -0.1) is 0 Å². The molecule has 1 aromatic rings. The molecule has 0 saturated heterocycles. The Morgan fingerprint density at radius 3 is 2.88 bits per heavy atom. The predicted molar refractivity (Wildman–Crippen MR) is 59.2 cm³/mol. The Hall–Kier alpha value is -1.58. The molecule has 1 aliphatic carbocycles. The van der Waals surface area contributed by atoms with Crippen LogP contribution in [0.5, 0.6) is 0 Å². The Bertz CT molecular complexity index is 419. The van der Waals surface area contributed by atoms with Gasteiger partial charge < -0.3 is 10.4 Å². The van der Waals surface area contributed by atoms with E-state index in [2.05, 4.69) is 12.2 Å². The lowest BCUT2D eigenvalue weighted by Crippen LogP contribution is -2.06. The average Bonchev–Trinajstić information content (AvgIpc) is 2.96. The molecular formula is C12H14FNO2. The lowest BCUT2D eigenvalue weighted by molar-refractivity contribution is 0.0692. The van der Waals surface area contributed by atoms with Gasteiger partial charge in [0, 0.05) is 11.7 Å². The molecule has 1 saturated carbocycles. The van der Waals surface area contributed by atoms with Crippen LogP contribution in [-0.2, 0) is 0 Å². The maximum atomic E-state index is 13.3. The summed E-state index contributed by atoms with van der Waals surface area (Å²) in [6.45, 7) is 2.13. The van der Waals surface area contributed by atoms with Crippen LogP contribution in [0.3, 0.4) is 0 Å². The molecule has 86 valence electrons. The molecule has 2 rings (SSSR count). The SMILES string of the molecule is CCC1CC1Nc1ccc(C(=O)O)c(F)c1. The normalized spacial score (nSPS) is 22.9. The molecule has 0 radical (unpaired) electrons. The van der Waals surface area contributed by atoms with Gasteiger partial charge in [-0.05, 0) is 30.5 Å². The fourth-order valence-electron chi connectivity index (χ4n) is 1.87. The number of rotatable bonds is 4. The Labute approximate surface area is 93.3 Å². The summed E-state index contributed by atoms with van der Waals surface area (Å²) in [5, 5.41) is 11.9. The van der Waals surface area contributed by atoms with E-state index >= 15 is 0 Å². The number of hydrogen-bond acceptors (Lipinski definition) is 2. The number of benzene rings is 1. The van der Waals surface area contributed by atoms with Crippen LogP contribution in [0.4, 0.5) is 10.1 Å². The van der Waals surface area contributed by atoms with Crippen molar-refractivity contribution in [3.63, 3.8) is 0 Å². The number of anilines is 1. The Morgan fingerprint density at radius 2 is 2.38 bits per heavy atom. The summed E-state index contributed by atoms with van der Waals surface area (Å²) >= 11 is 0. The third kappa shape index (κ3) is 2.15. The molecule has 2 atom stereocenters. The molecule has 1 aromatic carbocycles. The molecule has 0 aromatic heterocycles. The maximum absolute atomic E-state index is 13.3. The summed E-state index contributed by atoms with van der Waals surface area (Å²) in [6, 6.07) is 4.56. The highest BCUT2D eigenvalue weighted by molar-refractivity contribution is 5.88. The molecule has 0 bridgehead atoms. The van der Waals surface area contributed by atoms with Gasteiger partial charge in [0.15, 0.2) is 0 Å². The van der Waals surface area contributed by atoms with Crippen molar-refractivity contribution in [1.29, 1.82) is 0 Å². The van der Waals surface area contributed by atoms with Gasteiger partial charge in [0.25, 0.3) is 0 Å². The zero-order chi connectivity index (χ0) is 11.7. The maximum Gasteiger partial charge on any atom is 0.338 e. The van der Waals surface area contributed by atoms with Gasteiger partial charge in [0.1, 0.15) is 5.82 Å². The van der Waals surface area contributed by atoms with Crippen molar-refractivity contribution >= 4 is 11.7 Å². The number of nitrogens with one attached hydrogen (secondary N) is 1. The van der Waals surface area contributed by atoms with Crippen LogP contribution in [0.15, 0.2) is 18.2 Å². The third-order valence-electron chi connectivity index (χ3n) is 3.00. The zero-order valence-corrected chi connectivity index (χ0v) is 9.03. The van der Waals surface area contributed by atoms with Gasteiger partial charge in [-0.1, -0.05) is 13.3 Å². The van der Waals surface area contributed by atoms with Crippen molar-refractivity contribution in [3.8, 4) is 0 Å². The summed E-state index contributed by atoms with van der Waals surface area (Å²) in [4.78, 5) is 10.6. The van der Waals surface area contributed by atoms with Crippen molar-refractivity contribution in [1.82, 2.24) is 0 Å². The first kappa shape index (κ1) is 10.9. The molecule has 0 amide bonds. The third-order valence-corrected chi connectivity index (χ3v) is 3.00. The van der Waals surface area contributed by atoms with E-state index in [0.717, 1.165) is 12.8 Å². The van der Waals surface area contributed by atoms with Crippen molar-refractivity contribution in [2.24, 2.45) is 5.92 Å². The first-order chi connectivity index (χ1) is 7.61. The molecule has 4 heteroatoms. The monoisotopic (exact) mass is 223 g/mol. The molecular weight excluding hydrogens is 209 g/mol. The largest absolute Gasteiger partial charge is 0.478 e. The van der Waals surface area contributed by atoms with Gasteiger partial charge >= 0.3 is 5.97 Å². The van der Waals surface area contributed by atoms with Crippen molar-refractivity contribution in [3.05, 3.63) is 29.6 Å². The fraction of sp³-hybridized carbons (Fsp3) is 0.417. The van der Waals surface area contributed by atoms with Gasteiger partial charge in [-0.3, -0.25) is 0 Å². The summed E-state index contributed by atoms with van der Waals surface area (Å²) in [7, 11) is 0. The smallest absolute Gasteiger partial charge is 0.338 e. The first-order valence-corrected chi connectivity index (χ1v) is 5.41. The van der Waals surface area contributed by atoms with Gasteiger partial charge in [0.2, 0.25) is 0 Å². The molecule has 3 nitrogen and oxygen atoms in total. The van der Waals surface area contributed by atoms with E-state index in [1.807, 2.05) is 0 Å². The van der Waals surface area contributed by atoms with Crippen LogP contribution in [0.1, 0.15) is 30.1 Å². The highest BCUT2D eigenvalue weighted by Crippen LogP contribution is 2.36. The second-order valence-electron chi connectivity index (χ2n) is 4.15. The number of aromatic carboxylic acids is 1. The minimum Gasteiger partial charge on any atom is -0.478 e. The van der Waals surface area contributed by atoms with Crippen molar-refractivity contribution in [2.45, 2.75) is 25.8 Å². The highest BCUT2D eigenvalue weighted by Gasteiger charge is 2.35. The summed E-state index contributed by atoms with van der Waals surface area (Å²) in [6.07, 6.45) is 2.23. The van der Waals surface area contributed by atoms with Crippen LogP contribution in [0.25, 0.3) is 0 Å². The Kier molecular flexibility index (Phi) is 2.81. The van der Waals surface area contributed by atoms with E-state index < -0.39 is 11.8 Å². The van der Waals surface area contributed by atoms with Crippen molar-refractivity contribution in [2.75, 3.05) is 5.32 Å². The second kappa shape index (κ2) is 4.12. The fourth-order valence-corrected chi connectivity index (χ4v) is 1.87. The van der Waals surface area contributed by atoms with Crippen molar-refractivity contribution < 1.29 is 14.3 Å². The molecule has 16 heavy (non-hydrogen) atoms. The molecule has 0 spiro atoms. The molecule has 2 N–H and O–H groups in total. The molecule has 1 aliphatic rings. The van der Waals surface area contributed by atoms with Gasteiger partial charge in [-0.25, -0.2) is 9.18 Å². The highest BCUT2D eigenvalue weighted by atomic mass is 19.1. The van der Waals surface area contributed by atoms with Gasteiger partial charge in [-0.2, -0.15) is 0 Å². The molecule has 1 fully saturated rings. The first-order valence-electron chi connectivity index (χ1n) is 5.41. The quantitative estimate of drug-likeness (QED) is 0.825. The van der Waals surface area contributed by atoms with Crippen LogP contribution in [0, 0.1) is 11.7 Å². The summed E-state index contributed by atoms with van der Waals surface area (Å²) in [5.41, 5.74) is 0.372. The lowest BCUT2D eigenvalue weighted by Gasteiger charge is -2.06. The van der Waals surface area contributed by atoms with Crippen LogP contribution in [0.2, 0.25) is 0 Å². The van der Waals surface area contributed by atoms with E-state index in [1.165, 1.54) is 12.1 Å². The molecule has 0 heterocycles. The van der Waals surface area contributed by atoms with Crippen LogP contribution in [-0.4, -0.2) is 17.1 Å². The Morgan fingerprint density at radius 1 is 1.62 bits per heavy atom. The number of carboxylic acids is 1. The number of halogens is 1. The molecule has 0 aliphatic heterocycles.